The molecule has 108 valence electrons. The number of aromatic hydroxyl groups is 1. The first-order valence-corrected chi connectivity index (χ1v) is 6.38. The summed E-state index contributed by atoms with van der Waals surface area (Å²) < 4.78 is 5.99. The van der Waals surface area contributed by atoms with Crippen LogP contribution in [0.25, 0.3) is 11.4 Å². The molecular weight excluding hydrogens is 317 g/mol. The Labute approximate surface area is 129 Å². The van der Waals surface area contributed by atoms with Crippen LogP contribution in [0.4, 0.5) is 0 Å². The summed E-state index contributed by atoms with van der Waals surface area (Å²) in [7, 11) is 1.25. The van der Waals surface area contributed by atoms with Gasteiger partial charge in [0.2, 0.25) is 5.75 Å². The van der Waals surface area contributed by atoms with Gasteiger partial charge >= 0.3 is 5.56 Å². The average molecular weight is 326 g/mol. The van der Waals surface area contributed by atoms with Crippen LogP contribution in [0, 0.1) is 12.3 Å². The monoisotopic (exact) mass is 325 g/mol. The number of nitrogens with zero attached hydrogens (tertiary/aromatic N) is 3. The lowest BCUT2D eigenvalue weighted by Gasteiger charge is -2.12. The lowest BCUT2D eigenvalue weighted by atomic mass is 10.2. The maximum atomic E-state index is 12.2. The van der Waals surface area contributed by atoms with Crippen molar-refractivity contribution >= 4 is 23.2 Å². The Kier molecular flexibility index (Phi) is 4.36. The third-order valence-corrected chi connectivity index (χ3v) is 2.97. The van der Waals surface area contributed by atoms with E-state index in [0.717, 1.165) is 0 Å². The molecule has 6 nitrogen and oxygen atoms in total. The molecule has 2 aromatic heterocycles. The zero-order valence-electron chi connectivity index (χ0n) is 10.8. The molecular formula is C13H9Cl2N3O3. The van der Waals surface area contributed by atoms with Gasteiger partial charge in [0.15, 0.2) is 0 Å². The first kappa shape index (κ1) is 15.2. The molecule has 2 heterocycles. The van der Waals surface area contributed by atoms with E-state index in [1.165, 1.54) is 23.8 Å². The molecule has 0 aliphatic rings. The molecule has 0 aromatic carbocycles. The van der Waals surface area contributed by atoms with Crippen LogP contribution < -0.4 is 10.3 Å². The Morgan fingerprint density at radius 2 is 2.00 bits per heavy atom. The molecule has 0 saturated heterocycles. The third-order valence-electron chi connectivity index (χ3n) is 2.58. The van der Waals surface area contributed by atoms with Gasteiger partial charge in [-0.1, -0.05) is 29.1 Å². The van der Waals surface area contributed by atoms with Crippen LogP contribution in [-0.2, 0) is 6.54 Å². The molecule has 0 fully saturated rings. The van der Waals surface area contributed by atoms with E-state index >= 15 is 0 Å². The number of halogens is 2. The molecule has 0 saturated carbocycles. The predicted molar refractivity (Wildman–Crippen MR) is 78.8 cm³/mol. The van der Waals surface area contributed by atoms with Crippen LogP contribution in [0.3, 0.4) is 0 Å². The van der Waals surface area contributed by atoms with Crippen molar-refractivity contribution in [3.63, 3.8) is 0 Å². The number of aromatic nitrogens is 3. The zero-order valence-corrected chi connectivity index (χ0v) is 12.3. The van der Waals surface area contributed by atoms with Crippen LogP contribution in [0.1, 0.15) is 0 Å². The van der Waals surface area contributed by atoms with Gasteiger partial charge in [-0.2, -0.15) is 4.98 Å². The number of rotatable bonds is 3. The Hall–Kier alpha value is -2.23. The molecule has 0 amide bonds. The van der Waals surface area contributed by atoms with Crippen molar-refractivity contribution in [2.45, 2.75) is 6.54 Å². The molecule has 0 aliphatic heterocycles. The molecule has 21 heavy (non-hydrogen) atoms. The van der Waals surface area contributed by atoms with E-state index in [9.17, 15) is 9.90 Å². The summed E-state index contributed by atoms with van der Waals surface area (Å²) in [4.78, 5) is 20.0. The van der Waals surface area contributed by atoms with Gasteiger partial charge in [-0.05, 0) is 12.1 Å². The smallest absolute Gasteiger partial charge is 0.301 e. The van der Waals surface area contributed by atoms with Gasteiger partial charge in [0, 0.05) is 5.56 Å². The first-order valence-electron chi connectivity index (χ1n) is 5.62. The topological polar surface area (TPSA) is 77.2 Å². The van der Waals surface area contributed by atoms with Gasteiger partial charge in [-0.15, -0.1) is 6.42 Å². The van der Waals surface area contributed by atoms with Crippen LogP contribution >= 0.6 is 23.2 Å². The fourth-order valence-corrected chi connectivity index (χ4v) is 2.22. The summed E-state index contributed by atoms with van der Waals surface area (Å²) in [6.45, 7) is -0.0602. The average Bonchev–Trinajstić information content (AvgIpc) is 2.41. The van der Waals surface area contributed by atoms with E-state index in [4.69, 9.17) is 34.4 Å². The van der Waals surface area contributed by atoms with Crippen molar-refractivity contribution in [1.82, 2.24) is 14.5 Å². The summed E-state index contributed by atoms with van der Waals surface area (Å²) in [5, 5.41) is 10.0. The molecule has 0 bridgehead atoms. The van der Waals surface area contributed by atoms with Gasteiger partial charge < -0.3 is 9.84 Å². The van der Waals surface area contributed by atoms with Gasteiger partial charge in [-0.25, -0.2) is 4.98 Å². The highest BCUT2D eigenvalue weighted by Crippen LogP contribution is 2.27. The van der Waals surface area contributed by atoms with Gasteiger partial charge in [0.1, 0.15) is 16.1 Å². The van der Waals surface area contributed by atoms with Crippen molar-refractivity contribution < 1.29 is 9.84 Å². The molecule has 1 N–H and O–H groups in total. The molecule has 8 heteroatoms. The van der Waals surface area contributed by atoms with Crippen LogP contribution in [0.15, 0.2) is 16.9 Å². The van der Waals surface area contributed by atoms with Crippen LogP contribution in [0.5, 0.6) is 11.6 Å². The van der Waals surface area contributed by atoms with E-state index in [-0.39, 0.29) is 28.4 Å². The minimum Gasteiger partial charge on any atom is -0.490 e. The lowest BCUT2D eigenvalue weighted by molar-refractivity contribution is 0.352. The highest BCUT2D eigenvalue weighted by molar-refractivity contribution is 6.32. The number of pyridine rings is 1. The molecule has 2 rings (SSSR count). The van der Waals surface area contributed by atoms with Gasteiger partial charge in [-0.3, -0.25) is 9.36 Å². The third kappa shape index (κ3) is 2.94. The van der Waals surface area contributed by atoms with E-state index in [1.807, 2.05) is 0 Å². The maximum Gasteiger partial charge on any atom is 0.301 e. The maximum absolute atomic E-state index is 12.2. The normalized spacial score (nSPS) is 10.2. The van der Waals surface area contributed by atoms with Crippen molar-refractivity contribution in [3.05, 3.63) is 32.8 Å². The highest BCUT2D eigenvalue weighted by atomic mass is 35.5. The van der Waals surface area contributed by atoms with E-state index in [1.54, 1.807) is 0 Å². The first-order chi connectivity index (χ1) is 9.97. The van der Waals surface area contributed by atoms with Gasteiger partial charge in [0.05, 0.1) is 13.7 Å². The molecule has 0 aliphatic carbocycles. The van der Waals surface area contributed by atoms with Crippen molar-refractivity contribution in [2.24, 2.45) is 0 Å². The molecule has 0 spiro atoms. The van der Waals surface area contributed by atoms with Crippen molar-refractivity contribution in [3.8, 4) is 35.4 Å². The summed E-state index contributed by atoms with van der Waals surface area (Å²) in [5.41, 5.74) is -0.215. The van der Waals surface area contributed by atoms with E-state index in [0.29, 0.717) is 5.56 Å². The number of hydrogen-bond donors (Lipinski definition) is 1. The molecule has 0 radical (unpaired) electrons. The SMILES string of the molecule is C#CCn1c(-c2cc(Cl)nc(Cl)c2)nc(O)c(OC)c1=O. The number of terminal acetylenes is 1. The predicted octanol–water partition coefficient (Wildman–Crippen LogP) is 1.96. The minimum atomic E-state index is -0.609. The summed E-state index contributed by atoms with van der Waals surface area (Å²) in [5.74, 6) is 1.61. The second kappa shape index (κ2) is 6.04. The van der Waals surface area contributed by atoms with Crippen molar-refractivity contribution in [1.29, 1.82) is 0 Å². The highest BCUT2D eigenvalue weighted by Gasteiger charge is 2.18. The Morgan fingerprint density at radius 1 is 1.38 bits per heavy atom. The summed E-state index contributed by atoms with van der Waals surface area (Å²) in [6.07, 6.45) is 5.26. The Bertz CT molecular complexity index is 776. The second-order valence-corrected chi connectivity index (χ2v) is 4.66. The van der Waals surface area contributed by atoms with E-state index in [2.05, 4.69) is 15.9 Å². The lowest BCUT2D eigenvalue weighted by Crippen LogP contribution is -2.24. The van der Waals surface area contributed by atoms with Crippen molar-refractivity contribution in [2.75, 3.05) is 7.11 Å². The molecule has 0 unspecified atom stereocenters. The number of methoxy groups -OCH3 is 1. The molecule has 2 aromatic rings. The number of hydrogen-bond acceptors (Lipinski definition) is 5. The second-order valence-electron chi connectivity index (χ2n) is 3.89. The largest absolute Gasteiger partial charge is 0.490 e. The van der Waals surface area contributed by atoms with E-state index < -0.39 is 11.4 Å². The standard InChI is InChI=1S/C13H9Cl2N3O3/c1-3-4-18-11(7-5-8(14)16-9(15)6-7)17-12(19)10(21-2)13(18)20/h1,5-6,19H,4H2,2H3. The summed E-state index contributed by atoms with van der Waals surface area (Å²) >= 11 is 11.7. The molecule has 0 atom stereocenters. The minimum absolute atomic E-state index is 0.0602. The summed E-state index contributed by atoms with van der Waals surface area (Å²) in [6, 6.07) is 2.91. The fraction of sp³-hybridized carbons (Fsp3) is 0.154. The van der Waals surface area contributed by atoms with Gasteiger partial charge in [0.25, 0.3) is 5.88 Å². The van der Waals surface area contributed by atoms with Crippen LogP contribution in [-0.4, -0.2) is 26.8 Å². The zero-order chi connectivity index (χ0) is 15.6. The van der Waals surface area contributed by atoms with Crippen LogP contribution in [0.2, 0.25) is 10.3 Å². The fourth-order valence-electron chi connectivity index (χ4n) is 1.76. The Morgan fingerprint density at radius 3 is 2.52 bits per heavy atom. The Balaban J connectivity index is 2.79. The quantitative estimate of drug-likeness (QED) is 0.689. The number of ether oxygens (including phenoxy) is 1.